The fourth-order valence-electron chi connectivity index (χ4n) is 3.12. The second-order valence-electron chi connectivity index (χ2n) is 7.97. The Morgan fingerprint density at radius 1 is 1.12 bits per heavy atom. The van der Waals surface area contributed by atoms with E-state index in [0.717, 1.165) is 12.0 Å². The van der Waals surface area contributed by atoms with Gasteiger partial charge in [0.25, 0.3) is 0 Å². The Balaban J connectivity index is 1.61. The second-order valence-corrected chi connectivity index (χ2v) is 8.38. The van der Waals surface area contributed by atoms with Crippen LogP contribution in [0.3, 0.4) is 0 Å². The molecule has 3 rings (SSSR count). The highest BCUT2D eigenvalue weighted by Gasteiger charge is 2.44. The number of halogens is 1. The zero-order chi connectivity index (χ0) is 18.9. The summed E-state index contributed by atoms with van der Waals surface area (Å²) in [4.78, 5) is 12.4. The zero-order valence-electron chi connectivity index (χ0n) is 15.7. The summed E-state index contributed by atoms with van der Waals surface area (Å²) in [5.74, 6) is 0.263. The maximum Gasteiger partial charge on any atom is 0.243 e. The number of carbonyl (C=O) groups is 1. The van der Waals surface area contributed by atoms with Crippen molar-refractivity contribution in [2.24, 2.45) is 11.0 Å². The van der Waals surface area contributed by atoms with Crippen LogP contribution in [0.25, 0.3) is 0 Å². The van der Waals surface area contributed by atoms with E-state index in [4.69, 9.17) is 11.6 Å². The molecule has 1 fully saturated rings. The normalized spacial score (nSPS) is 20.0. The largest absolute Gasteiger partial charge is 0.273 e. The Bertz CT molecular complexity index is 834. The van der Waals surface area contributed by atoms with Crippen molar-refractivity contribution >= 4 is 23.2 Å². The Morgan fingerprint density at radius 3 is 2.38 bits per heavy atom. The van der Waals surface area contributed by atoms with Crippen molar-refractivity contribution < 1.29 is 4.79 Å². The summed E-state index contributed by atoms with van der Waals surface area (Å²) in [6, 6.07) is 16.1. The predicted octanol–water partition coefficient (Wildman–Crippen LogP) is 5.28. The molecule has 2 aromatic carbocycles. The molecule has 1 aliphatic carbocycles. The molecule has 0 aromatic heterocycles. The zero-order valence-corrected chi connectivity index (χ0v) is 16.5. The van der Waals surface area contributed by atoms with Crippen LogP contribution in [-0.2, 0) is 10.2 Å². The van der Waals surface area contributed by atoms with E-state index in [0.29, 0.717) is 16.7 Å². The fourth-order valence-corrected chi connectivity index (χ4v) is 3.39. The molecule has 136 valence electrons. The van der Waals surface area contributed by atoms with Gasteiger partial charge in [-0.3, -0.25) is 4.79 Å². The topological polar surface area (TPSA) is 41.5 Å². The van der Waals surface area contributed by atoms with Crippen LogP contribution in [-0.4, -0.2) is 11.6 Å². The molecule has 2 aromatic rings. The smallest absolute Gasteiger partial charge is 0.243 e. The molecule has 0 spiro atoms. The first kappa shape index (κ1) is 18.7. The van der Waals surface area contributed by atoms with Gasteiger partial charge in [-0.2, -0.15) is 5.10 Å². The van der Waals surface area contributed by atoms with E-state index in [1.54, 1.807) is 0 Å². The number of rotatable bonds is 4. The van der Waals surface area contributed by atoms with Gasteiger partial charge in [-0.1, -0.05) is 74.8 Å². The molecular weight excluding hydrogens is 344 g/mol. The highest BCUT2D eigenvalue weighted by atomic mass is 35.5. The summed E-state index contributed by atoms with van der Waals surface area (Å²) in [5.41, 5.74) is 6.91. The summed E-state index contributed by atoms with van der Waals surface area (Å²) in [5, 5.41) is 4.85. The minimum Gasteiger partial charge on any atom is -0.273 e. The molecule has 0 heterocycles. The van der Waals surface area contributed by atoms with Crippen molar-refractivity contribution in [1.29, 1.82) is 0 Å². The monoisotopic (exact) mass is 368 g/mol. The van der Waals surface area contributed by atoms with Crippen LogP contribution in [0.2, 0.25) is 5.02 Å². The standard InChI is InChI=1S/C22H25ClN2O/c1-14(17-7-5-6-8-20(17)23)24-25-21(26)19-13-18(19)15-9-11-16(12-10-15)22(2,3)4/h5-12,18-19H,13H2,1-4H3,(H,25,26)/b24-14-/t18-,19-/m1/s1. The van der Waals surface area contributed by atoms with Gasteiger partial charge in [0.15, 0.2) is 0 Å². The van der Waals surface area contributed by atoms with Gasteiger partial charge in [0.1, 0.15) is 0 Å². The van der Waals surface area contributed by atoms with Gasteiger partial charge >= 0.3 is 0 Å². The van der Waals surface area contributed by atoms with Crippen LogP contribution in [0.1, 0.15) is 56.7 Å². The van der Waals surface area contributed by atoms with E-state index in [9.17, 15) is 4.79 Å². The van der Waals surface area contributed by atoms with Crippen molar-refractivity contribution in [3.05, 3.63) is 70.2 Å². The van der Waals surface area contributed by atoms with Crippen molar-refractivity contribution in [2.75, 3.05) is 0 Å². The highest BCUT2D eigenvalue weighted by molar-refractivity contribution is 6.34. The predicted molar refractivity (Wildman–Crippen MR) is 108 cm³/mol. The summed E-state index contributed by atoms with van der Waals surface area (Å²) in [6.45, 7) is 8.45. The molecule has 0 unspecified atom stereocenters. The molecule has 1 aliphatic rings. The van der Waals surface area contributed by atoms with Crippen LogP contribution >= 0.6 is 11.6 Å². The third-order valence-electron chi connectivity index (χ3n) is 4.93. The average Bonchev–Trinajstić information content (AvgIpc) is 3.40. The van der Waals surface area contributed by atoms with Crippen LogP contribution in [0, 0.1) is 5.92 Å². The summed E-state index contributed by atoms with van der Waals surface area (Å²) in [6.07, 6.45) is 0.876. The van der Waals surface area contributed by atoms with E-state index < -0.39 is 0 Å². The van der Waals surface area contributed by atoms with Crippen LogP contribution in [0.5, 0.6) is 0 Å². The first-order valence-corrected chi connectivity index (χ1v) is 9.34. The van der Waals surface area contributed by atoms with E-state index in [1.807, 2.05) is 31.2 Å². The van der Waals surface area contributed by atoms with E-state index in [-0.39, 0.29) is 17.2 Å². The lowest BCUT2D eigenvalue weighted by molar-refractivity contribution is -0.122. The number of hydrazone groups is 1. The number of hydrogen-bond acceptors (Lipinski definition) is 2. The molecule has 1 N–H and O–H groups in total. The Morgan fingerprint density at radius 2 is 1.77 bits per heavy atom. The number of nitrogens with one attached hydrogen (secondary N) is 1. The number of amides is 1. The maximum absolute atomic E-state index is 12.4. The molecule has 0 bridgehead atoms. The fraction of sp³-hybridized carbons (Fsp3) is 0.364. The van der Waals surface area contributed by atoms with E-state index >= 15 is 0 Å². The van der Waals surface area contributed by atoms with Crippen molar-refractivity contribution in [1.82, 2.24) is 5.43 Å². The first-order valence-electron chi connectivity index (χ1n) is 8.97. The van der Waals surface area contributed by atoms with Crippen molar-refractivity contribution in [3.8, 4) is 0 Å². The second kappa shape index (κ2) is 7.24. The molecular formula is C22H25ClN2O. The van der Waals surface area contributed by atoms with Gasteiger partial charge in [-0.05, 0) is 41.9 Å². The number of nitrogens with zero attached hydrogens (tertiary/aromatic N) is 1. The Hall–Kier alpha value is -2.13. The lowest BCUT2D eigenvalue weighted by Gasteiger charge is -2.19. The van der Waals surface area contributed by atoms with E-state index in [2.05, 4.69) is 55.6 Å². The van der Waals surface area contributed by atoms with Crippen molar-refractivity contribution in [2.45, 2.75) is 45.4 Å². The Labute approximate surface area is 160 Å². The molecule has 3 nitrogen and oxygen atoms in total. The van der Waals surface area contributed by atoms with Crippen molar-refractivity contribution in [3.63, 3.8) is 0 Å². The third-order valence-corrected chi connectivity index (χ3v) is 5.26. The van der Waals surface area contributed by atoms with E-state index in [1.165, 1.54) is 11.1 Å². The molecule has 1 saturated carbocycles. The lowest BCUT2D eigenvalue weighted by atomic mass is 9.86. The molecule has 0 saturated heterocycles. The Kier molecular flexibility index (Phi) is 5.19. The van der Waals surface area contributed by atoms with Gasteiger partial charge in [-0.25, -0.2) is 5.43 Å². The van der Waals surface area contributed by atoms with Crippen LogP contribution in [0.15, 0.2) is 53.6 Å². The molecule has 2 atom stereocenters. The minimum absolute atomic E-state index is 0.00159. The van der Waals surface area contributed by atoms with Gasteiger partial charge in [0.05, 0.1) is 5.71 Å². The number of benzene rings is 2. The lowest BCUT2D eigenvalue weighted by Crippen LogP contribution is -2.21. The molecule has 1 amide bonds. The van der Waals surface area contributed by atoms with Crippen LogP contribution in [0.4, 0.5) is 0 Å². The molecule has 26 heavy (non-hydrogen) atoms. The summed E-state index contributed by atoms with van der Waals surface area (Å²) >= 11 is 6.16. The average molecular weight is 369 g/mol. The third kappa shape index (κ3) is 4.16. The molecule has 4 heteroatoms. The first-order chi connectivity index (χ1) is 12.3. The van der Waals surface area contributed by atoms with Gasteiger partial charge < -0.3 is 0 Å². The number of carbonyl (C=O) groups excluding carboxylic acids is 1. The van der Waals surface area contributed by atoms with Gasteiger partial charge in [-0.15, -0.1) is 0 Å². The number of hydrogen-bond donors (Lipinski definition) is 1. The molecule has 0 radical (unpaired) electrons. The van der Waals surface area contributed by atoms with Crippen LogP contribution < -0.4 is 5.43 Å². The SMILES string of the molecule is C/C(=N/NC(=O)[C@@H]1C[C@@H]1c1ccc(C(C)(C)C)cc1)c1ccccc1Cl. The molecule has 0 aliphatic heterocycles. The quantitative estimate of drug-likeness (QED) is 0.578. The highest BCUT2D eigenvalue weighted by Crippen LogP contribution is 2.47. The summed E-state index contributed by atoms with van der Waals surface area (Å²) in [7, 11) is 0. The van der Waals surface area contributed by atoms with Gasteiger partial charge in [0.2, 0.25) is 5.91 Å². The summed E-state index contributed by atoms with van der Waals surface area (Å²) < 4.78 is 0. The maximum atomic E-state index is 12.4. The minimum atomic E-state index is -0.0266. The van der Waals surface area contributed by atoms with Gasteiger partial charge in [0, 0.05) is 16.5 Å².